The third-order valence-corrected chi connectivity index (χ3v) is 3.64. The highest BCUT2D eigenvalue weighted by atomic mass is 35.5. The molecule has 86 valence electrons. The van der Waals surface area contributed by atoms with Crippen molar-refractivity contribution < 1.29 is 14.6 Å². The van der Waals surface area contributed by atoms with Gasteiger partial charge in [0.1, 0.15) is 5.75 Å². The van der Waals surface area contributed by atoms with Crippen molar-refractivity contribution >= 4 is 17.6 Å². The van der Waals surface area contributed by atoms with E-state index in [1.165, 1.54) is 7.11 Å². The van der Waals surface area contributed by atoms with E-state index in [0.717, 1.165) is 11.1 Å². The summed E-state index contributed by atoms with van der Waals surface area (Å²) in [5, 5.41) is 9.76. The van der Waals surface area contributed by atoms with Gasteiger partial charge in [-0.25, -0.2) is 0 Å². The number of methoxy groups -OCH3 is 1. The summed E-state index contributed by atoms with van der Waals surface area (Å²) in [5.41, 5.74) is 0.935. The van der Waals surface area contributed by atoms with Crippen molar-refractivity contribution in [1.29, 1.82) is 0 Å². The minimum atomic E-state index is -0.767. The van der Waals surface area contributed by atoms with Crippen LogP contribution in [0.4, 0.5) is 0 Å². The van der Waals surface area contributed by atoms with Gasteiger partial charge >= 0.3 is 5.97 Å². The average Bonchev–Trinajstić information content (AvgIpc) is 3.02. The number of ether oxygens (including phenoxy) is 1. The van der Waals surface area contributed by atoms with E-state index in [-0.39, 0.29) is 0 Å². The second-order valence-electron chi connectivity index (χ2n) is 4.20. The lowest BCUT2D eigenvalue weighted by Crippen LogP contribution is -2.19. The van der Waals surface area contributed by atoms with E-state index in [4.69, 9.17) is 16.3 Å². The van der Waals surface area contributed by atoms with E-state index in [2.05, 4.69) is 0 Å². The number of aliphatic carboxylic acids is 1. The average molecular weight is 241 g/mol. The summed E-state index contributed by atoms with van der Waals surface area (Å²) in [6.45, 7) is 1.85. The summed E-state index contributed by atoms with van der Waals surface area (Å²) in [7, 11) is 1.53. The number of rotatable bonds is 3. The SMILES string of the molecule is COc1cc(C2(C(=O)O)CC2)cc(C)c1Cl. The van der Waals surface area contributed by atoms with Gasteiger partial charge in [0.25, 0.3) is 0 Å². The fraction of sp³-hybridized carbons (Fsp3) is 0.417. The Labute approximate surface area is 99.0 Å². The normalized spacial score (nSPS) is 16.9. The van der Waals surface area contributed by atoms with Crippen LogP contribution in [0.25, 0.3) is 0 Å². The van der Waals surface area contributed by atoms with Crippen LogP contribution < -0.4 is 4.74 Å². The molecule has 4 heteroatoms. The molecule has 1 saturated carbocycles. The Bertz CT molecular complexity index is 450. The van der Waals surface area contributed by atoms with E-state index < -0.39 is 11.4 Å². The first-order valence-corrected chi connectivity index (χ1v) is 5.47. The summed E-state index contributed by atoms with van der Waals surface area (Å²) < 4.78 is 5.14. The predicted molar refractivity (Wildman–Crippen MR) is 61.3 cm³/mol. The summed E-state index contributed by atoms with van der Waals surface area (Å²) in [6, 6.07) is 3.57. The molecule has 1 fully saturated rings. The summed E-state index contributed by atoms with van der Waals surface area (Å²) in [5.74, 6) is -0.222. The zero-order valence-electron chi connectivity index (χ0n) is 9.21. The third kappa shape index (κ3) is 1.55. The summed E-state index contributed by atoms with van der Waals surface area (Å²) in [6.07, 6.45) is 1.37. The summed E-state index contributed by atoms with van der Waals surface area (Å²) >= 11 is 6.04. The van der Waals surface area contributed by atoms with Gasteiger partial charge in [0.05, 0.1) is 17.5 Å². The van der Waals surface area contributed by atoms with Crippen LogP contribution in [0, 0.1) is 6.92 Å². The monoisotopic (exact) mass is 240 g/mol. The minimum Gasteiger partial charge on any atom is -0.495 e. The molecule has 3 nitrogen and oxygen atoms in total. The van der Waals surface area contributed by atoms with Crippen LogP contribution in [0.3, 0.4) is 0 Å². The van der Waals surface area contributed by atoms with E-state index in [0.29, 0.717) is 23.6 Å². The molecule has 0 bridgehead atoms. The lowest BCUT2D eigenvalue weighted by Gasteiger charge is -2.14. The number of aryl methyl sites for hydroxylation is 1. The third-order valence-electron chi connectivity index (χ3n) is 3.15. The number of halogens is 1. The molecule has 1 N–H and O–H groups in total. The molecule has 0 saturated heterocycles. The van der Waals surface area contributed by atoms with Crippen LogP contribution in [-0.2, 0) is 10.2 Å². The topological polar surface area (TPSA) is 46.5 Å². The molecule has 0 spiro atoms. The fourth-order valence-electron chi connectivity index (χ4n) is 1.91. The number of carboxylic acid groups (broad SMARTS) is 1. The number of benzene rings is 1. The molecule has 1 aromatic carbocycles. The van der Waals surface area contributed by atoms with Crippen molar-refractivity contribution in [3.05, 3.63) is 28.3 Å². The zero-order chi connectivity index (χ0) is 11.9. The highest BCUT2D eigenvalue weighted by Gasteiger charge is 2.52. The Hall–Kier alpha value is -1.22. The molecule has 1 aliphatic rings. The second kappa shape index (κ2) is 3.67. The molecule has 0 aliphatic heterocycles. The molecule has 16 heavy (non-hydrogen) atoms. The van der Waals surface area contributed by atoms with Gasteiger partial charge in [0.2, 0.25) is 0 Å². The lowest BCUT2D eigenvalue weighted by atomic mass is 9.94. The van der Waals surface area contributed by atoms with Gasteiger partial charge in [0, 0.05) is 0 Å². The van der Waals surface area contributed by atoms with Crippen LogP contribution in [0.15, 0.2) is 12.1 Å². The molecule has 0 unspecified atom stereocenters. The van der Waals surface area contributed by atoms with Crippen LogP contribution >= 0.6 is 11.6 Å². The molecular formula is C12H13ClO3. The van der Waals surface area contributed by atoms with E-state index >= 15 is 0 Å². The van der Waals surface area contributed by atoms with Crippen LogP contribution in [0.5, 0.6) is 5.75 Å². The maximum atomic E-state index is 11.2. The van der Waals surface area contributed by atoms with Gasteiger partial charge in [-0.2, -0.15) is 0 Å². The Kier molecular flexibility index (Phi) is 2.58. The number of carboxylic acids is 1. The van der Waals surface area contributed by atoms with Gasteiger partial charge in [-0.3, -0.25) is 4.79 Å². The molecule has 0 atom stereocenters. The summed E-state index contributed by atoms with van der Waals surface area (Å²) in [4.78, 5) is 11.2. The van der Waals surface area contributed by atoms with Gasteiger partial charge in [-0.15, -0.1) is 0 Å². The number of hydrogen-bond donors (Lipinski definition) is 1. The molecule has 1 aliphatic carbocycles. The van der Waals surface area contributed by atoms with Crippen LogP contribution in [0.2, 0.25) is 5.02 Å². The first kappa shape index (κ1) is 11.3. The van der Waals surface area contributed by atoms with Crippen molar-refractivity contribution in [2.45, 2.75) is 25.2 Å². The maximum Gasteiger partial charge on any atom is 0.314 e. The molecular weight excluding hydrogens is 228 g/mol. The van der Waals surface area contributed by atoms with E-state index in [1.54, 1.807) is 6.07 Å². The van der Waals surface area contributed by atoms with Gasteiger partial charge in [-0.1, -0.05) is 17.7 Å². The smallest absolute Gasteiger partial charge is 0.314 e. The Morgan fingerprint density at radius 3 is 2.56 bits per heavy atom. The van der Waals surface area contributed by atoms with E-state index in [1.807, 2.05) is 13.0 Å². The number of carbonyl (C=O) groups is 1. The van der Waals surface area contributed by atoms with Gasteiger partial charge in [0.15, 0.2) is 0 Å². The molecule has 1 aromatic rings. The lowest BCUT2D eigenvalue weighted by molar-refractivity contribution is -0.140. The van der Waals surface area contributed by atoms with Crippen molar-refractivity contribution in [3.8, 4) is 5.75 Å². The largest absolute Gasteiger partial charge is 0.495 e. The van der Waals surface area contributed by atoms with Gasteiger partial charge < -0.3 is 9.84 Å². The Balaban J connectivity index is 2.51. The van der Waals surface area contributed by atoms with Crippen LogP contribution in [-0.4, -0.2) is 18.2 Å². The molecule has 2 rings (SSSR count). The predicted octanol–water partition coefficient (Wildman–Crippen LogP) is 2.77. The van der Waals surface area contributed by atoms with Gasteiger partial charge in [-0.05, 0) is 37.0 Å². The van der Waals surface area contributed by atoms with Crippen molar-refractivity contribution in [3.63, 3.8) is 0 Å². The standard InChI is InChI=1S/C12H13ClO3/c1-7-5-8(6-9(16-2)10(7)13)12(3-4-12)11(14)15/h5-6H,3-4H2,1-2H3,(H,14,15). The second-order valence-corrected chi connectivity index (χ2v) is 4.57. The highest BCUT2D eigenvalue weighted by molar-refractivity contribution is 6.32. The Morgan fingerprint density at radius 1 is 1.50 bits per heavy atom. The van der Waals surface area contributed by atoms with Crippen LogP contribution in [0.1, 0.15) is 24.0 Å². The maximum absolute atomic E-state index is 11.2. The number of hydrogen-bond acceptors (Lipinski definition) is 2. The molecule has 0 aromatic heterocycles. The molecule has 0 radical (unpaired) electrons. The zero-order valence-corrected chi connectivity index (χ0v) is 9.97. The molecule has 0 heterocycles. The highest BCUT2D eigenvalue weighted by Crippen LogP contribution is 2.50. The van der Waals surface area contributed by atoms with Crippen molar-refractivity contribution in [1.82, 2.24) is 0 Å². The van der Waals surface area contributed by atoms with Crippen molar-refractivity contribution in [2.24, 2.45) is 0 Å². The molecule has 0 amide bonds. The van der Waals surface area contributed by atoms with E-state index in [9.17, 15) is 9.90 Å². The first-order chi connectivity index (χ1) is 7.51. The quantitative estimate of drug-likeness (QED) is 0.884. The first-order valence-electron chi connectivity index (χ1n) is 5.09. The fourth-order valence-corrected chi connectivity index (χ4v) is 2.10. The van der Waals surface area contributed by atoms with Crippen molar-refractivity contribution in [2.75, 3.05) is 7.11 Å². The Morgan fingerprint density at radius 2 is 2.12 bits per heavy atom. The minimum absolute atomic E-state index is 0.546.